The zero-order valence-corrected chi connectivity index (χ0v) is 16.1. The summed E-state index contributed by atoms with van der Waals surface area (Å²) in [5, 5.41) is 3.48. The molecule has 26 heavy (non-hydrogen) atoms. The predicted molar refractivity (Wildman–Crippen MR) is 102 cm³/mol. The molecule has 1 aromatic heterocycles. The molecule has 0 bridgehead atoms. The zero-order chi connectivity index (χ0) is 18.7. The van der Waals surface area contributed by atoms with Crippen molar-refractivity contribution in [2.45, 2.75) is 33.1 Å². The van der Waals surface area contributed by atoms with E-state index >= 15 is 0 Å². The smallest absolute Gasteiger partial charge is 0.341 e. The first kappa shape index (κ1) is 18.5. The van der Waals surface area contributed by atoms with Crippen molar-refractivity contribution in [1.82, 2.24) is 0 Å². The van der Waals surface area contributed by atoms with Gasteiger partial charge in [0.25, 0.3) is 5.91 Å². The van der Waals surface area contributed by atoms with E-state index in [1.54, 1.807) is 24.3 Å². The van der Waals surface area contributed by atoms with Crippen LogP contribution in [0.4, 0.5) is 5.00 Å². The van der Waals surface area contributed by atoms with Gasteiger partial charge in [0.15, 0.2) is 0 Å². The highest BCUT2D eigenvalue weighted by Gasteiger charge is 2.29. The van der Waals surface area contributed by atoms with Gasteiger partial charge in [0.2, 0.25) is 0 Å². The van der Waals surface area contributed by atoms with Crippen LogP contribution in [-0.2, 0) is 17.6 Å². The van der Waals surface area contributed by atoms with Crippen molar-refractivity contribution in [2.75, 3.05) is 19.0 Å². The van der Waals surface area contributed by atoms with Gasteiger partial charge in [-0.1, -0.05) is 6.92 Å². The van der Waals surface area contributed by atoms with Crippen molar-refractivity contribution >= 4 is 28.2 Å². The molecule has 1 unspecified atom stereocenters. The SMILES string of the molecule is CCOc1ccc(C(=O)Nc2sc3c(c2C(=O)OC)CCC(C)C3)cc1. The molecule has 0 fully saturated rings. The normalized spacial score (nSPS) is 15.9. The van der Waals surface area contributed by atoms with Crippen molar-refractivity contribution in [2.24, 2.45) is 5.92 Å². The predicted octanol–water partition coefficient (Wildman–Crippen LogP) is 4.31. The number of benzene rings is 1. The van der Waals surface area contributed by atoms with E-state index in [4.69, 9.17) is 9.47 Å². The molecule has 0 saturated carbocycles. The molecule has 1 heterocycles. The van der Waals surface area contributed by atoms with Crippen LogP contribution < -0.4 is 10.1 Å². The highest BCUT2D eigenvalue weighted by atomic mass is 32.1. The van der Waals surface area contributed by atoms with Crippen LogP contribution in [-0.4, -0.2) is 25.6 Å². The summed E-state index contributed by atoms with van der Waals surface area (Å²) in [6.07, 6.45) is 2.82. The number of amides is 1. The van der Waals surface area contributed by atoms with Crippen molar-refractivity contribution in [1.29, 1.82) is 0 Å². The molecule has 1 aliphatic rings. The first-order valence-electron chi connectivity index (χ1n) is 8.80. The minimum atomic E-state index is -0.390. The Kier molecular flexibility index (Phi) is 5.61. The average molecular weight is 373 g/mol. The molecular formula is C20H23NO4S. The average Bonchev–Trinajstić information content (AvgIpc) is 2.98. The summed E-state index contributed by atoms with van der Waals surface area (Å²) in [5.74, 6) is 0.671. The molecule has 0 aliphatic heterocycles. The number of nitrogens with one attached hydrogen (secondary N) is 1. The maximum Gasteiger partial charge on any atom is 0.341 e. The molecule has 1 amide bonds. The number of hydrogen-bond donors (Lipinski definition) is 1. The Labute approximate surface area is 157 Å². The monoisotopic (exact) mass is 373 g/mol. The van der Waals surface area contributed by atoms with Crippen molar-refractivity contribution in [3.05, 3.63) is 45.8 Å². The number of rotatable bonds is 5. The first-order chi connectivity index (χ1) is 12.5. The molecule has 1 aliphatic carbocycles. The van der Waals surface area contributed by atoms with Crippen molar-refractivity contribution < 1.29 is 19.1 Å². The summed E-state index contributed by atoms with van der Waals surface area (Å²) in [6.45, 7) is 4.69. The molecular weight excluding hydrogens is 350 g/mol. The molecule has 0 saturated heterocycles. The zero-order valence-electron chi connectivity index (χ0n) is 15.3. The number of hydrogen-bond acceptors (Lipinski definition) is 5. The maximum absolute atomic E-state index is 12.6. The van der Waals surface area contributed by atoms with Gasteiger partial charge in [0, 0.05) is 10.4 Å². The molecule has 6 heteroatoms. The molecule has 0 radical (unpaired) electrons. The third kappa shape index (κ3) is 3.75. The van der Waals surface area contributed by atoms with Gasteiger partial charge in [-0.05, 0) is 61.9 Å². The lowest BCUT2D eigenvalue weighted by Gasteiger charge is -2.18. The van der Waals surface area contributed by atoms with Crippen LogP contribution in [0.3, 0.4) is 0 Å². The van der Waals surface area contributed by atoms with Gasteiger partial charge < -0.3 is 14.8 Å². The van der Waals surface area contributed by atoms with Crippen molar-refractivity contribution in [3.8, 4) is 5.75 Å². The van der Waals surface area contributed by atoms with Gasteiger partial charge in [-0.25, -0.2) is 4.79 Å². The van der Waals surface area contributed by atoms with E-state index in [9.17, 15) is 9.59 Å². The molecule has 1 aromatic carbocycles. The Morgan fingerprint density at radius 1 is 1.27 bits per heavy atom. The second-order valence-corrected chi connectivity index (χ2v) is 7.56. The van der Waals surface area contributed by atoms with Crippen LogP contribution in [0.2, 0.25) is 0 Å². The lowest BCUT2D eigenvalue weighted by Crippen LogP contribution is -2.16. The van der Waals surface area contributed by atoms with E-state index in [0.717, 1.165) is 30.6 Å². The summed E-state index contributed by atoms with van der Waals surface area (Å²) in [7, 11) is 1.37. The van der Waals surface area contributed by atoms with Gasteiger partial charge in [0.1, 0.15) is 10.8 Å². The Hall–Kier alpha value is -2.34. The molecule has 1 N–H and O–H groups in total. The number of thiophene rings is 1. The lowest BCUT2D eigenvalue weighted by atomic mass is 9.88. The van der Waals surface area contributed by atoms with Gasteiger partial charge >= 0.3 is 5.97 Å². The molecule has 3 rings (SSSR count). The second-order valence-electron chi connectivity index (χ2n) is 6.46. The molecule has 138 valence electrons. The van der Waals surface area contributed by atoms with Crippen LogP contribution in [0.1, 0.15) is 51.4 Å². The molecule has 5 nitrogen and oxygen atoms in total. The van der Waals surface area contributed by atoms with Crippen molar-refractivity contribution in [3.63, 3.8) is 0 Å². The van der Waals surface area contributed by atoms with E-state index < -0.39 is 0 Å². The number of carbonyl (C=O) groups excluding carboxylic acids is 2. The number of methoxy groups -OCH3 is 1. The first-order valence-corrected chi connectivity index (χ1v) is 9.62. The van der Waals surface area contributed by atoms with Gasteiger partial charge in [-0.3, -0.25) is 4.79 Å². The topological polar surface area (TPSA) is 64.6 Å². The fraction of sp³-hybridized carbons (Fsp3) is 0.400. The highest BCUT2D eigenvalue weighted by Crippen LogP contribution is 2.40. The highest BCUT2D eigenvalue weighted by molar-refractivity contribution is 7.17. The number of anilines is 1. The van der Waals surface area contributed by atoms with Crippen LogP contribution >= 0.6 is 11.3 Å². The largest absolute Gasteiger partial charge is 0.494 e. The Bertz CT molecular complexity index is 810. The third-order valence-corrected chi connectivity index (χ3v) is 5.73. The Morgan fingerprint density at radius 2 is 2.00 bits per heavy atom. The van der Waals surface area contributed by atoms with E-state index in [-0.39, 0.29) is 11.9 Å². The number of carbonyl (C=O) groups is 2. The quantitative estimate of drug-likeness (QED) is 0.793. The maximum atomic E-state index is 12.6. The minimum Gasteiger partial charge on any atom is -0.494 e. The Balaban J connectivity index is 1.86. The summed E-state index contributed by atoms with van der Waals surface area (Å²) in [4.78, 5) is 26.1. The van der Waals surface area contributed by atoms with Gasteiger partial charge in [0.05, 0.1) is 19.3 Å². The lowest BCUT2D eigenvalue weighted by molar-refractivity contribution is 0.0601. The molecule has 1 atom stereocenters. The second kappa shape index (κ2) is 7.91. The van der Waals surface area contributed by atoms with E-state index in [1.165, 1.54) is 23.3 Å². The fourth-order valence-corrected chi connectivity index (χ4v) is 4.60. The summed E-state index contributed by atoms with van der Waals surface area (Å²) in [6, 6.07) is 6.96. The summed E-state index contributed by atoms with van der Waals surface area (Å²) < 4.78 is 10.4. The number of ether oxygens (including phenoxy) is 2. The minimum absolute atomic E-state index is 0.246. The van der Waals surface area contributed by atoms with Crippen LogP contribution in [0, 0.1) is 5.92 Å². The fourth-order valence-electron chi connectivity index (χ4n) is 3.20. The van der Waals surface area contributed by atoms with Crippen LogP contribution in [0.25, 0.3) is 0 Å². The standard InChI is InChI=1S/C20H23NO4S/c1-4-25-14-8-6-13(7-9-14)18(22)21-19-17(20(23)24-3)15-10-5-12(2)11-16(15)26-19/h6-9,12H,4-5,10-11H2,1-3H3,(H,21,22). The van der Waals surface area contributed by atoms with E-state index in [1.807, 2.05) is 6.92 Å². The van der Waals surface area contributed by atoms with Crippen LogP contribution in [0.15, 0.2) is 24.3 Å². The van der Waals surface area contributed by atoms with E-state index in [2.05, 4.69) is 12.2 Å². The molecule has 0 spiro atoms. The number of esters is 1. The molecule has 2 aromatic rings. The summed E-state index contributed by atoms with van der Waals surface area (Å²) >= 11 is 1.49. The number of fused-ring (bicyclic) bond motifs is 1. The third-order valence-electron chi connectivity index (χ3n) is 4.56. The van der Waals surface area contributed by atoms with E-state index in [0.29, 0.717) is 28.7 Å². The Morgan fingerprint density at radius 3 is 2.65 bits per heavy atom. The van der Waals surface area contributed by atoms with Gasteiger partial charge in [-0.15, -0.1) is 11.3 Å². The van der Waals surface area contributed by atoms with Crippen LogP contribution in [0.5, 0.6) is 5.75 Å². The van der Waals surface area contributed by atoms with Gasteiger partial charge in [-0.2, -0.15) is 0 Å². The summed E-state index contributed by atoms with van der Waals surface area (Å²) in [5.41, 5.74) is 2.06.